The Bertz CT molecular complexity index is 692. The zero-order valence-electron chi connectivity index (χ0n) is 14.7. The minimum Gasteiger partial charge on any atom is -0.465 e. The van der Waals surface area contributed by atoms with E-state index in [-0.39, 0.29) is 12.6 Å². The number of esters is 1. The van der Waals surface area contributed by atoms with Crippen LogP contribution in [0.4, 0.5) is 0 Å². The van der Waals surface area contributed by atoms with Gasteiger partial charge in [0.05, 0.1) is 31.5 Å². The summed E-state index contributed by atoms with van der Waals surface area (Å²) < 4.78 is 6.56. The Hall–Kier alpha value is -2.18. The van der Waals surface area contributed by atoms with Crippen molar-refractivity contribution in [3.8, 4) is 0 Å². The summed E-state index contributed by atoms with van der Waals surface area (Å²) in [4.78, 5) is 13.7. The van der Waals surface area contributed by atoms with Crippen LogP contribution < -0.4 is 0 Å². The van der Waals surface area contributed by atoms with E-state index in [1.165, 1.54) is 12.7 Å². The first-order chi connectivity index (χ1) is 11.5. The molecule has 1 aromatic carbocycles. The molecule has 0 saturated carbocycles. The van der Waals surface area contributed by atoms with E-state index in [0.29, 0.717) is 12.1 Å². The predicted octanol–water partition coefficient (Wildman–Crippen LogP) is 1.91. The molecular formula is C18H25N3O3. The molecule has 0 amide bonds. The minimum atomic E-state index is -0.322. The van der Waals surface area contributed by atoms with E-state index in [2.05, 4.69) is 17.0 Å². The monoisotopic (exact) mass is 331 g/mol. The van der Waals surface area contributed by atoms with Crippen molar-refractivity contribution in [2.75, 3.05) is 20.8 Å². The number of aryl methyl sites for hydroxylation is 1. The largest absolute Gasteiger partial charge is 0.465 e. The maximum Gasteiger partial charge on any atom is 0.337 e. The summed E-state index contributed by atoms with van der Waals surface area (Å²) in [6, 6.07) is 7.45. The van der Waals surface area contributed by atoms with E-state index in [1.54, 1.807) is 12.1 Å². The van der Waals surface area contributed by atoms with Gasteiger partial charge in [-0.15, -0.1) is 0 Å². The lowest BCUT2D eigenvalue weighted by Crippen LogP contribution is -2.18. The Morgan fingerprint density at radius 3 is 2.50 bits per heavy atom. The van der Waals surface area contributed by atoms with Gasteiger partial charge in [0.2, 0.25) is 0 Å². The lowest BCUT2D eigenvalue weighted by molar-refractivity contribution is 0.0600. The summed E-state index contributed by atoms with van der Waals surface area (Å²) in [6.45, 7) is 6.18. The predicted molar refractivity (Wildman–Crippen MR) is 91.7 cm³/mol. The number of methoxy groups -OCH3 is 1. The van der Waals surface area contributed by atoms with Gasteiger partial charge in [-0.2, -0.15) is 5.10 Å². The number of hydrogen-bond donors (Lipinski definition) is 1. The van der Waals surface area contributed by atoms with Crippen LogP contribution in [0.3, 0.4) is 0 Å². The first-order valence-corrected chi connectivity index (χ1v) is 7.95. The zero-order valence-corrected chi connectivity index (χ0v) is 14.7. The number of carbonyl (C=O) groups is 1. The summed E-state index contributed by atoms with van der Waals surface area (Å²) >= 11 is 0. The highest BCUT2D eigenvalue weighted by molar-refractivity contribution is 5.89. The van der Waals surface area contributed by atoms with E-state index >= 15 is 0 Å². The van der Waals surface area contributed by atoms with Crippen molar-refractivity contribution in [1.82, 2.24) is 14.7 Å². The lowest BCUT2D eigenvalue weighted by atomic mass is 10.1. The highest BCUT2D eigenvalue weighted by Gasteiger charge is 2.13. The first kappa shape index (κ1) is 18.2. The van der Waals surface area contributed by atoms with Gasteiger partial charge in [0, 0.05) is 24.3 Å². The van der Waals surface area contributed by atoms with Gasteiger partial charge < -0.3 is 9.84 Å². The number of aliphatic hydroxyl groups excluding tert-OH is 1. The fourth-order valence-electron chi connectivity index (χ4n) is 2.78. The van der Waals surface area contributed by atoms with Crippen molar-refractivity contribution in [3.05, 3.63) is 52.3 Å². The van der Waals surface area contributed by atoms with Crippen molar-refractivity contribution in [2.24, 2.45) is 0 Å². The molecule has 6 nitrogen and oxygen atoms in total. The molecule has 24 heavy (non-hydrogen) atoms. The second-order valence-corrected chi connectivity index (χ2v) is 5.96. The third-order valence-electron chi connectivity index (χ3n) is 4.10. The average Bonchev–Trinajstić information content (AvgIpc) is 2.83. The van der Waals surface area contributed by atoms with Gasteiger partial charge in [-0.1, -0.05) is 12.1 Å². The van der Waals surface area contributed by atoms with Crippen LogP contribution in [0.25, 0.3) is 0 Å². The Morgan fingerprint density at radius 1 is 1.25 bits per heavy atom. The average molecular weight is 331 g/mol. The van der Waals surface area contributed by atoms with Crippen molar-refractivity contribution in [1.29, 1.82) is 0 Å². The Balaban J connectivity index is 2.03. The number of carbonyl (C=O) groups excluding carboxylic acids is 1. The maximum atomic E-state index is 11.5. The number of ether oxygens (including phenoxy) is 1. The standard InChI is InChI=1S/C18H25N3O3/c1-13-17(14(2)21(19-13)9-10-22)12-20(3)11-15-5-7-16(8-6-15)18(23)24-4/h5-8,22H,9-12H2,1-4H3. The smallest absolute Gasteiger partial charge is 0.337 e. The maximum absolute atomic E-state index is 11.5. The summed E-state index contributed by atoms with van der Waals surface area (Å²) in [5.74, 6) is -0.322. The second-order valence-electron chi connectivity index (χ2n) is 5.96. The van der Waals surface area contributed by atoms with Crippen molar-refractivity contribution < 1.29 is 14.6 Å². The number of nitrogens with zero attached hydrogens (tertiary/aromatic N) is 3. The van der Waals surface area contributed by atoms with Crippen LogP contribution >= 0.6 is 0 Å². The normalized spacial score (nSPS) is 11.1. The summed E-state index contributed by atoms with van der Waals surface area (Å²) in [7, 11) is 3.43. The molecule has 2 rings (SSSR count). The number of benzene rings is 1. The molecule has 0 saturated heterocycles. The fraction of sp³-hybridized carbons (Fsp3) is 0.444. The van der Waals surface area contributed by atoms with E-state index in [9.17, 15) is 4.79 Å². The van der Waals surface area contributed by atoms with Crippen molar-refractivity contribution >= 4 is 5.97 Å². The van der Waals surface area contributed by atoms with E-state index in [0.717, 1.165) is 30.0 Å². The number of rotatable bonds is 7. The van der Waals surface area contributed by atoms with Gasteiger partial charge in [0.25, 0.3) is 0 Å². The fourth-order valence-corrected chi connectivity index (χ4v) is 2.78. The van der Waals surface area contributed by atoms with Crippen LogP contribution in [0.1, 0.15) is 32.9 Å². The van der Waals surface area contributed by atoms with Crippen LogP contribution in [0, 0.1) is 13.8 Å². The molecule has 0 radical (unpaired) electrons. The second kappa shape index (κ2) is 8.08. The highest BCUT2D eigenvalue weighted by Crippen LogP contribution is 2.16. The van der Waals surface area contributed by atoms with E-state index < -0.39 is 0 Å². The van der Waals surface area contributed by atoms with Crippen LogP contribution in [-0.2, 0) is 24.4 Å². The van der Waals surface area contributed by atoms with Crippen LogP contribution in [0.2, 0.25) is 0 Å². The number of aromatic nitrogens is 2. The Kier molecular flexibility index (Phi) is 6.11. The zero-order chi connectivity index (χ0) is 17.7. The molecule has 130 valence electrons. The molecular weight excluding hydrogens is 306 g/mol. The third-order valence-corrected chi connectivity index (χ3v) is 4.10. The van der Waals surface area contributed by atoms with Gasteiger partial charge in [-0.3, -0.25) is 9.58 Å². The molecule has 0 spiro atoms. The molecule has 0 atom stereocenters. The molecule has 1 heterocycles. The molecule has 1 aromatic heterocycles. The Morgan fingerprint density at radius 2 is 1.92 bits per heavy atom. The topological polar surface area (TPSA) is 67.6 Å². The first-order valence-electron chi connectivity index (χ1n) is 7.95. The molecule has 1 N–H and O–H groups in total. The van der Waals surface area contributed by atoms with Gasteiger partial charge in [-0.05, 0) is 38.6 Å². The van der Waals surface area contributed by atoms with Crippen molar-refractivity contribution in [3.63, 3.8) is 0 Å². The van der Waals surface area contributed by atoms with Gasteiger partial charge in [0.15, 0.2) is 0 Å². The van der Waals surface area contributed by atoms with Gasteiger partial charge in [-0.25, -0.2) is 4.79 Å². The Labute approximate surface area is 142 Å². The van der Waals surface area contributed by atoms with Crippen LogP contribution in [-0.4, -0.2) is 46.5 Å². The van der Waals surface area contributed by atoms with Crippen LogP contribution in [0.5, 0.6) is 0 Å². The van der Waals surface area contributed by atoms with E-state index in [4.69, 9.17) is 9.84 Å². The number of aliphatic hydroxyl groups is 1. The summed E-state index contributed by atoms with van der Waals surface area (Å²) in [5, 5.41) is 13.6. The molecule has 0 aliphatic rings. The van der Waals surface area contributed by atoms with Crippen molar-refractivity contribution in [2.45, 2.75) is 33.5 Å². The quantitative estimate of drug-likeness (QED) is 0.785. The molecule has 0 aliphatic carbocycles. The van der Waals surface area contributed by atoms with E-state index in [1.807, 2.05) is 30.7 Å². The number of hydrogen-bond acceptors (Lipinski definition) is 5. The SMILES string of the molecule is COC(=O)c1ccc(CN(C)Cc2c(C)nn(CCO)c2C)cc1. The van der Waals surface area contributed by atoms with Crippen LogP contribution in [0.15, 0.2) is 24.3 Å². The molecule has 0 unspecified atom stereocenters. The summed E-state index contributed by atoms with van der Waals surface area (Å²) in [6.07, 6.45) is 0. The third kappa shape index (κ3) is 4.21. The molecule has 6 heteroatoms. The highest BCUT2D eigenvalue weighted by atomic mass is 16.5. The van der Waals surface area contributed by atoms with Gasteiger partial charge >= 0.3 is 5.97 Å². The molecule has 2 aromatic rings. The van der Waals surface area contributed by atoms with Gasteiger partial charge in [0.1, 0.15) is 0 Å². The molecule has 0 aliphatic heterocycles. The summed E-state index contributed by atoms with van der Waals surface area (Å²) in [5.41, 5.74) is 4.96. The molecule has 0 bridgehead atoms. The molecule has 0 fully saturated rings. The lowest BCUT2D eigenvalue weighted by Gasteiger charge is -2.17. The minimum absolute atomic E-state index is 0.0871.